The van der Waals surface area contributed by atoms with Crippen molar-refractivity contribution in [1.29, 1.82) is 0 Å². The fourth-order valence-corrected chi connectivity index (χ4v) is 3.22. The van der Waals surface area contributed by atoms with Crippen molar-refractivity contribution in [3.8, 4) is 11.4 Å². The number of fused-ring (bicyclic) bond motifs is 1. The Morgan fingerprint density at radius 3 is 2.34 bits per heavy atom. The van der Waals surface area contributed by atoms with Gasteiger partial charge in [-0.25, -0.2) is 14.6 Å². The third-order valence-corrected chi connectivity index (χ3v) is 4.73. The number of nitrogens with one attached hydrogen (secondary N) is 2. The van der Waals surface area contributed by atoms with Crippen LogP contribution in [0.5, 0.6) is 0 Å². The number of carbonyl (C=O) groups excluding carboxylic acids is 3. The lowest BCUT2D eigenvalue weighted by atomic mass is 10.1. The molecule has 0 radical (unpaired) electrons. The topological polar surface area (TPSA) is 110 Å². The molecule has 32 heavy (non-hydrogen) atoms. The van der Waals surface area contributed by atoms with Crippen molar-refractivity contribution >= 4 is 34.6 Å². The lowest BCUT2D eigenvalue weighted by molar-refractivity contribution is -0.119. The maximum atomic E-state index is 12.7. The molecule has 0 aliphatic carbocycles. The second-order valence-corrected chi connectivity index (χ2v) is 6.81. The number of amides is 1. The SMILES string of the molecule is COC(=O)c1ccccc1NC(=O)COC(=O)c1ccccc1-c1nc2ccccc2[nH]1. The first kappa shape index (κ1) is 20.8. The summed E-state index contributed by atoms with van der Waals surface area (Å²) < 4.78 is 9.92. The van der Waals surface area contributed by atoms with Crippen LogP contribution in [0.25, 0.3) is 22.4 Å². The number of aromatic nitrogens is 2. The fourth-order valence-electron chi connectivity index (χ4n) is 3.22. The molecule has 1 heterocycles. The Morgan fingerprint density at radius 1 is 0.875 bits per heavy atom. The minimum absolute atomic E-state index is 0.199. The van der Waals surface area contributed by atoms with Crippen molar-refractivity contribution in [1.82, 2.24) is 9.97 Å². The van der Waals surface area contributed by atoms with Crippen LogP contribution in [-0.2, 0) is 14.3 Å². The summed E-state index contributed by atoms with van der Waals surface area (Å²) in [5, 5.41) is 2.56. The number of benzene rings is 3. The highest BCUT2D eigenvalue weighted by atomic mass is 16.5. The number of methoxy groups -OCH3 is 1. The Kier molecular flexibility index (Phi) is 5.94. The van der Waals surface area contributed by atoms with E-state index in [1.165, 1.54) is 13.2 Å². The van der Waals surface area contributed by atoms with Gasteiger partial charge in [0.1, 0.15) is 5.82 Å². The third kappa shape index (κ3) is 4.34. The van der Waals surface area contributed by atoms with Gasteiger partial charge in [-0.3, -0.25) is 4.79 Å². The molecule has 3 aromatic carbocycles. The molecular formula is C24H19N3O5. The van der Waals surface area contributed by atoms with Gasteiger partial charge in [0, 0.05) is 5.56 Å². The first-order chi connectivity index (χ1) is 15.6. The van der Waals surface area contributed by atoms with E-state index >= 15 is 0 Å². The normalized spacial score (nSPS) is 10.5. The summed E-state index contributed by atoms with van der Waals surface area (Å²) in [5.41, 5.74) is 2.91. The zero-order valence-corrected chi connectivity index (χ0v) is 17.1. The van der Waals surface area contributed by atoms with E-state index in [1.807, 2.05) is 24.3 Å². The van der Waals surface area contributed by atoms with Gasteiger partial charge in [0.25, 0.3) is 5.91 Å². The predicted octanol–water partition coefficient (Wildman–Crippen LogP) is 3.81. The second kappa shape index (κ2) is 9.13. The van der Waals surface area contributed by atoms with Gasteiger partial charge in [0.05, 0.1) is 35.0 Å². The summed E-state index contributed by atoms with van der Waals surface area (Å²) >= 11 is 0. The largest absolute Gasteiger partial charge is 0.465 e. The molecule has 0 atom stereocenters. The van der Waals surface area contributed by atoms with Crippen LogP contribution in [0.1, 0.15) is 20.7 Å². The molecule has 1 aromatic heterocycles. The molecule has 0 bridgehead atoms. The first-order valence-corrected chi connectivity index (χ1v) is 9.75. The highest BCUT2D eigenvalue weighted by Crippen LogP contribution is 2.24. The van der Waals surface area contributed by atoms with Gasteiger partial charge in [-0.15, -0.1) is 0 Å². The number of ether oxygens (including phenoxy) is 2. The van der Waals surface area contributed by atoms with E-state index in [9.17, 15) is 14.4 Å². The maximum Gasteiger partial charge on any atom is 0.339 e. The zero-order chi connectivity index (χ0) is 22.5. The fraction of sp³-hybridized carbons (Fsp3) is 0.0833. The molecule has 2 N–H and O–H groups in total. The Balaban J connectivity index is 1.48. The predicted molar refractivity (Wildman–Crippen MR) is 118 cm³/mol. The van der Waals surface area contributed by atoms with Crippen LogP contribution in [0.2, 0.25) is 0 Å². The minimum atomic E-state index is -0.669. The monoisotopic (exact) mass is 429 g/mol. The summed E-state index contributed by atoms with van der Waals surface area (Å²) in [6, 6.07) is 20.8. The van der Waals surface area contributed by atoms with Crippen molar-refractivity contribution in [2.24, 2.45) is 0 Å². The molecule has 160 valence electrons. The molecule has 0 unspecified atom stereocenters. The number of H-pyrrole nitrogens is 1. The van der Waals surface area contributed by atoms with Gasteiger partial charge >= 0.3 is 11.9 Å². The highest BCUT2D eigenvalue weighted by molar-refractivity contribution is 6.03. The van der Waals surface area contributed by atoms with Crippen LogP contribution < -0.4 is 5.32 Å². The molecule has 0 aliphatic heterocycles. The molecule has 4 rings (SSSR count). The molecule has 0 saturated carbocycles. The van der Waals surface area contributed by atoms with E-state index in [0.717, 1.165) is 11.0 Å². The number of anilines is 1. The number of hydrogen-bond acceptors (Lipinski definition) is 6. The number of esters is 2. The Morgan fingerprint density at radius 2 is 1.56 bits per heavy atom. The second-order valence-electron chi connectivity index (χ2n) is 6.81. The van der Waals surface area contributed by atoms with Gasteiger partial charge in [-0.05, 0) is 30.3 Å². The van der Waals surface area contributed by atoms with Gasteiger partial charge in [0.2, 0.25) is 0 Å². The van der Waals surface area contributed by atoms with Crippen LogP contribution in [0.4, 0.5) is 5.69 Å². The molecule has 0 saturated heterocycles. The van der Waals surface area contributed by atoms with Gasteiger partial charge in [0.15, 0.2) is 6.61 Å². The number of para-hydroxylation sites is 3. The number of imidazole rings is 1. The first-order valence-electron chi connectivity index (χ1n) is 9.75. The Hall–Kier alpha value is -4.46. The Bertz CT molecular complexity index is 1280. The molecule has 0 aliphatic rings. The third-order valence-electron chi connectivity index (χ3n) is 4.73. The van der Waals surface area contributed by atoms with E-state index < -0.39 is 24.5 Å². The number of nitrogens with zero attached hydrogens (tertiary/aromatic N) is 1. The average Bonchev–Trinajstić information content (AvgIpc) is 3.26. The quantitative estimate of drug-likeness (QED) is 0.451. The van der Waals surface area contributed by atoms with Crippen LogP contribution in [0, 0.1) is 0 Å². The van der Waals surface area contributed by atoms with Crippen molar-refractivity contribution in [3.63, 3.8) is 0 Å². The molecule has 8 nitrogen and oxygen atoms in total. The van der Waals surface area contributed by atoms with Crippen LogP contribution >= 0.6 is 0 Å². The van der Waals surface area contributed by atoms with E-state index in [1.54, 1.807) is 42.5 Å². The number of carbonyl (C=O) groups is 3. The lowest BCUT2D eigenvalue weighted by Crippen LogP contribution is -2.22. The van der Waals surface area contributed by atoms with Crippen LogP contribution in [-0.4, -0.2) is 41.5 Å². The summed E-state index contributed by atoms with van der Waals surface area (Å²) in [4.78, 5) is 44.6. The van der Waals surface area contributed by atoms with Crippen LogP contribution in [0.3, 0.4) is 0 Å². The van der Waals surface area contributed by atoms with Crippen molar-refractivity contribution in [2.75, 3.05) is 19.0 Å². The maximum absolute atomic E-state index is 12.7. The number of hydrogen-bond donors (Lipinski definition) is 2. The highest BCUT2D eigenvalue weighted by Gasteiger charge is 2.18. The van der Waals surface area contributed by atoms with Crippen molar-refractivity contribution in [3.05, 3.63) is 83.9 Å². The average molecular weight is 429 g/mol. The molecule has 1 amide bonds. The van der Waals surface area contributed by atoms with E-state index in [4.69, 9.17) is 9.47 Å². The van der Waals surface area contributed by atoms with Gasteiger partial charge < -0.3 is 19.8 Å². The minimum Gasteiger partial charge on any atom is -0.465 e. The molecular weight excluding hydrogens is 410 g/mol. The standard InChI is InChI=1S/C24H19N3O5/c1-31-23(29)17-10-4-5-11-18(17)25-21(28)14-32-24(30)16-9-3-2-8-15(16)22-26-19-12-6-7-13-20(19)27-22/h2-13H,14H2,1H3,(H,25,28)(H,26,27). The zero-order valence-electron chi connectivity index (χ0n) is 17.1. The number of aromatic amines is 1. The summed E-state index contributed by atoms with van der Waals surface area (Å²) in [7, 11) is 1.25. The summed E-state index contributed by atoms with van der Waals surface area (Å²) in [5.74, 6) is -1.32. The van der Waals surface area contributed by atoms with Crippen LogP contribution in [0.15, 0.2) is 72.8 Å². The molecule has 4 aromatic rings. The van der Waals surface area contributed by atoms with E-state index in [2.05, 4.69) is 15.3 Å². The smallest absolute Gasteiger partial charge is 0.339 e. The molecule has 8 heteroatoms. The van der Waals surface area contributed by atoms with E-state index in [0.29, 0.717) is 11.4 Å². The molecule has 0 fully saturated rings. The van der Waals surface area contributed by atoms with E-state index in [-0.39, 0.29) is 16.8 Å². The van der Waals surface area contributed by atoms with Crippen molar-refractivity contribution in [2.45, 2.75) is 0 Å². The summed E-state index contributed by atoms with van der Waals surface area (Å²) in [6.45, 7) is -0.525. The lowest BCUT2D eigenvalue weighted by Gasteiger charge is -2.11. The van der Waals surface area contributed by atoms with Crippen molar-refractivity contribution < 1.29 is 23.9 Å². The van der Waals surface area contributed by atoms with Gasteiger partial charge in [-0.2, -0.15) is 0 Å². The van der Waals surface area contributed by atoms with Gasteiger partial charge in [-0.1, -0.05) is 42.5 Å². The number of rotatable bonds is 6. The Labute approximate surface area is 183 Å². The summed E-state index contributed by atoms with van der Waals surface area (Å²) in [6.07, 6.45) is 0. The molecule has 0 spiro atoms.